The third-order valence-corrected chi connectivity index (χ3v) is 3.62. The summed E-state index contributed by atoms with van der Waals surface area (Å²) in [6, 6.07) is 5.04. The van der Waals surface area contributed by atoms with Gasteiger partial charge in [-0.3, -0.25) is 29.3 Å². The number of imide groups is 1. The Morgan fingerprint density at radius 2 is 1.83 bits per heavy atom. The van der Waals surface area contributed by atoms with Gasteiger partial charge in [0.2, 0.25) is 0 Å². The van der Waals surface area contributed by atoms with Crippen LogP contribution in [0.15, 0.2) is 40.2 Å². The third-order valence-electron chi connectivity index (χ3n) is 3.62. The van der Waals surface area contributed by atoms with Gasteiger partial charge in [0.1, 0.15) is 12.1 Å². The Hall–Kier alpha value is -3.76. The molecule has 0 aliphatic rings. The van der Waals surface area contributed by atoms with Gasteiger partial charge in [0.05, 0.1) is 25.5 Å². The highest BCUT2D eigenvalue weighted by molar-refractivity contribution is 6.02. The molecule has 154 valence electrons. The lowest BCUT2D eigenvalue weighted by Crippen LogP contribution is -2.46. The van der Waals surface area contributed by atoms with E-state index in [4.69, 9.17) is 4.74 Å². The second kappa shape index (κ2) is 9.97. The number of nitrogens with zero attached hydrogens (tertiary/aromatic N) is 3. The van der Waals surface area contributed by atoms with Crippen LogP contribution < -0.4 is 16.6 Å². The van der Waals surface area contributed by atoms with Crippen molar-refractivity contribution in [2.45, 2.75) is 26.9 Å². The molecule has 2 amide bonds. The van der Waals surface area contributed by atoms with Crippen molar-refractivity contribution in [1.82, 2.24) is 19.4 Å². The number of carbonyl (C=O) groups is 3. The Labute approximate surface area is 164 Å². The van der Waals surface area contributed by atoms with E-state index in [1.807, 2.05) is 5.32 Å². The number of rotatable bonds is 7. The summed E-state index contributed by atoms with van der Waals surface area (Å²) in [7, 11) is 0. The highest BCUT2D eigenvalue weighted by Crippen LogP contribution is 1.99. The first-order valence-corrected chi connectivity index (χ1v) is 8.75. The molecule has 0 aliphatic heterocycles. The molecule has 11 heteroatoms. The van der Waals surface area contributed by atoms with Crippen LogP contribution in [0.4, 0.5) is 4.79 Å². The fourth-order valence-corrected chi connectivity index (χ4v) is 2.39. The standard InChI is InChI=1S/C18H20N4O7/c1-3-28-14(23)11-22-16(25)13(15(24)20-17(26)29-4-2)10-21(18(22)27)9-12-7-5-6-8-19-12/h5-8,10H,3-4,9,11H2,1-2H3,(H,20,24,26). The van der Waals surface area contributed by atoms with Gasteiger partial charge >= 0.3 is 17.8 Å². The van der Waals surface area contributed by atoms with E-state index < -0.39 is 41.3 Å². The molecule has 0 aliphatic carbocycles. The maximum Gasteiger partial charge on any atom is 0.414 e. The first-order chi connectivity index (χ1) is 13.9. The molecule has 0 fully saturated rings. The molecule has 0 saturated carbocycles. The van der Waals surface area contributed by atoms with Crippen molar-refractivity contribution in [2.75, 3.05) is 13.2 Å². The van der Waals surface area contributed by atoms with Gasteiger partial charge < -0.3 is 9.47 Å². The Morgan fingerprint density at radius 1 is 1.10 bits per heavy atom. The molecule has 0 unspecified atom stereocenters. The summed E-state index contributed by atoms with van der Waals surface area (Å²) in [5.74, 6) is -1.89. The van der Waals surface area contributed by atoms with E-state index in [-0.39, 0.29) is 19.8 Å². The highest BCUT2D eigenvalue weighted by Gasteiger charge is 2.21. The van der Waals surface area contributed by atoms with Crippen molar-refractivity contribution >= 4 is 18.0 Å². The van der Waals surface area contributed by atoms with E-state index >= 15 is 0 Å². The van der Waals surface area contributed by atoms with Crippen LogP contribution >= 0.6 is 0 Å². The first kappa shape index (κ1) is 21.5. The fourth-order valence-electron chi connectivity index (χ4n) is 2.39. The van der Waals surface area contributed by atoms with Crippen LogP contribution in [0.2, 0.25) is 0 Å². The van der Waals surface area contributed by atoms with Crippen LogP contribution in [-0.4, -0.2) is 45.3 Å². The average Bonchev–Trinajstić information content (AvgIpc) is 2.68. The molecule has 2 aromatic rings. The molecule has 0 saturated heterocycles. The van der Waals surface area contributed by atoms with Crippen molar-refractivity contribution in [1.29, 1.82) is 0 Å². The second-order valence-electron chi connectivity index (χ2n) is 5.65. The summed E-state index contributed by atoms with van der Waals surface area (Å²) in [5.41, 5.74) is -1.91. The van der Waals surface area contributed by atoms with Gasteiger partial charge in [0, 0.05) is 12.4 Å². The molecular formula is C18H20N4O7. The van der Waals surface area contributed by atoms with Crippen molar-refractivity contribution in [3.63, 3.8) is 0 Å². The van der Waals surface area contributed by atoms with Crippen LogP contribution in [0.5, 0.6) is 0 Å². The van der Waals surface area contributed by atoms with Crippen molar-refractivity contribution < 1.29 is 23.9 Å². The number of amides is 2. The maximum absolute atomic E-state index is 12.7. The Balaban J connectivity index is 2.51. The number of alkyl carbamates (subject to hydrolysis) is 1. The van der Waals surface area contributed by atoms with E-state index in [1.54, 1.807) is 32.0 Å². The van der Waals surface area contributed by atoms with E-state index in [2.05, 4.69) is 9.72 Å². The molecule has 2 heterocycles. The smallest absolute Gasteiger partial charge is 0.414 e. The number of hydrogen-bond acceptors (Lipinski definition) is 8. The molecule has 1 N–H and O–H groups in total. The number of pyridine rings is 1. The van der Waals surface area contributed by atoms with Crippen LogP contribution in [0.1, 0.15) is 29.9 Å². The monoisotopic (exact) mass is 404 g/mol. The zero-order valence-corrected chi connectivity index (χ0v) is 15.9. The molecule has 0 radical (unpaired) electrons. The van der Waals surface area contributed by atoms with Crippen LogP contribution in [0.3, 0.4) is 0 Å². The molecule has 29 heavy (non-hydrogen) atoms. The summed E-state index contributed by atoms with van der Waals surface area (Å²) >= 11 is 0. The van der Waals surface area contributed by atoms with Gasteiger partial charge in [-0.15, -0.1) is 0 Å². The maximum atomic E-state index is 12.7. The number of carbonyl (C=O) groups excluding carboxylic acids is 3. The minimum absolute atomic E-state index is 0.0192. The van der Waals surface area contributed by atoms with Crippen LogP contribution in [0.25, 0.3) is 0 Å². The summed E-state index contributed by atoms with van der Waals surface area (Å²) < 4.78 is 11.0. The fraction of sp³-hybridized carbons (Fsp3) is 0.333. The van der Waals surface area contributed by atoms with Crippen molar-refractivity contribution in [3.05, 3.63) is 62.7 Å². The zero-order valence-electron chi connectivity index (χ0n) is 15.9. The SMILES string of the molecule is CCOC(=O)Cn1c(=O)c(C(=O)NC(=O)OCC)cn(Cc2ccccn2)c1=O. The normalized spacial score (nSPS) is 10.3. The number of aromatic nitrogens is 3. The number of hydrogen-bond donors (Lipinski definition) is 1. The topological polar surface area (TPSA) is 139 Å². The Morgan fingerprint density at radius 3 is 2.45 bits per heavy atom. The van der Waals surface area contributed by atoms with E-state index in [0.29, 0.717) is 10.3 Å². The highest BCUT2D eigenvalue weighted by atomic mass is 16.5. The molecule has 11 nitrogen and oxygen atoms in total. The number of ether oxygens (including phenoxy) is 2. The summed E-state index contributed by atoms with van der Waals surface area (Å²) in [6.45, 7) is 2.44. The van der Waals surface area contributed by atoms with Crippen LogP contribution in [0, 0.1) is 0 Å². The molecule has 0 bridgehead atoms. The van der Waals surface area contributed by atoms with Gasteiger partial charge in [-0.2, -0.15) is 0 Å². The van der Waals surface area contributed by atoms with Crippen molar-refractivity contribution in [3.8, 4) is 0 Å². The largest absolute Gasteiger partial charge is 0.465 e. The Kier molecular flexibility index (Phi) is 7.40. The lowest BCUT2D eigenvalue weighted by atomic mass is 10.3. The number of nitrogens with one attached hydrogen (secondary N) is 1. The summed E-state index contributed by atoms with van der Waals surface area (Å²) in [4.78, 5) is 65.1. The van der Waals surface area contributed by atoms with Gasteiger partial charge in [0.25, 0.3) is 11.5 Å². The second-order valence-corrected chi connectivity index (χ2v) is 5.65. The quantitative estimate of drug-likeness (QED) is 0.632. The van der Waals surface area contributed by atoms with E-state index in [1.165, 1.54) is 6.20 Å². The average molecular weight is 404 g/mol. The minimum Gasteiger partial charge on any atom is -0.465 e. The van der Waals surface area contributed by atoms with Gasteiger partial charge in [0.15, 0.2) is 0 Å². The van der Waals surface area contributed by atoms with Gasteiger partial charge in [-0.25, -0.2) is 14.2 Å². The Bertz CT molecular complexity index is 1010. The molecule has 0 spiro atoms. The summed E-state index contributed by atoms with van der Waals surface area (Å²) in [6.07, 6.45) is 1.48. The first-order valence-electron chi connectivity index (χ1n) is 8.75. The zero-order chi connectivity index (χ0) is 21.4. The minimum atomic E-state index is -1.07. The predicted octanol–water partition coefficient (Wildman–Crippen LogP) is -0.0973. The molecule has 0 atom stereocenters. The van der Waals surface area contributed by atoms with Crippen LogP contribution in [-0.2, 0) is 27.4 Å². The van der Waals surface area contributed by atoms with Gasteiger partial charge in [-0.05, 0) is 26.0 Å². The van der Waals surface area contributed by atoms with E-state index in [9.17, 15) is 24.0 Å². The predicted molar refractivity (Wildman–Crippen MR) is 99.4 cm³/mol. The molecule has 2 rings (SSSR count). The molecule has 2 aromatic heterocycles. The third kappa shape index (κ3) is 5.61. The molecular weight excluding hydrogens is 384 g/mol. The lowest BCUT2D eigenvalue weighted by Gasteiger charge is -2.12. The lowest BCUT2D eigenvalue weighted by molar-refractivity contribution is -0.143. The number of esters is 1. The van der Waals surface area contributed by atoms with E-state index in [0.717, 1.165) is 10.8 Å². The summed E-state index contributed by atoms with van der Waals surface area (Å²) in [5, 5.41) is 1.89. The van der Waals surface area contributed by atoms with Gasteiger partial charge in [-0.1, -0.05) is 6.07 Å². The van der Waals surface area contributed by atoms with Crippen molar-refractivity contribution in [2.24, 2.45) is 0 Å². The molecule has 0 aromatic carbocycles.